The number of thiophene rings is 1. The number of halogens is 1. The minimum Gasteiger partial charge on any atom is -0.306 e. The third-order valence-corrected chi connectivity index (χ3v) is 3.62. The third-order valence-electron chi connectivity index (χ3n) is 2.23. The largest absolute Gasteiger partial charge is 0.306 e. The summed E-state index contributed by atoms with van der Waals surface area (Å²) < 4.78 is 0. The molecule has 0 aromatic carbocycles. The molecule has 1 unspecified atom stereocenters. The lowest BCUT2D eigenvalue weighted by Gasteiger charge is -2.16. The van der Waals surface area contributed by atoms with Gasteiger partial charge in [0.05, 0.1) is 0 Å². The summed E-state index contributed by atoms with van der Waals surface area (Å²) in [5.74, 6) is 0. The van der Waals surface area contributed by atoms with Crippen LogP contribution in [-0.2, 0) is 6.42 Å². The van der Waals surface area contributed by atoms with Gasteiger partial charge in [0.15, 0.2) is 0 Å². The molecule has 80 valence electrons. The SMILES string of the molecule is CC(Br)CCN(C)CCc1cccs1. The van der Waals surface area contributed by atoms with E-state index in [-0.39, 0.29) is 0 Å². The second-order valence-corrected chi connectivity index (χ2v) is 6.30. The van der Waals surface area contributed by atoms with Crippen molar-refractivity contribution in [1.29, 1.82) is 0 Å². The molecule has 0 aliphatic rings. The van der Waals surface area contributed by atoms with Crippen LogP contribution in [0.5, 0.6) is 0 Å². The summed E-state index contributed by atoms with van der Waals surface area (Å²) in [7, 11) is 2.20. The summed E-state index contributed by atoms with van der Waals surface area (Å²) in [6, 6.07) is 4.34. The van der Waals surface area contributed by atoms with Gasteiger partial charge in [0.1, 0.15) is 0 Å². The van der Waals surface area contributed by atoms with Gasteiger partial charge in [-0.25, -0.2) is 0 Å². The van der Waals surface area contributed by atoms with E-state index >= 15 is 0 Å². The number of rotatable bonds is 6. The smallest absolute Gasteiger partial charge is 0.0129 e. The summed E-state index contributed by atoms with van der Waals surface area (Å²) in [6.45, 7) is 4.55. The zero-order chi connectivity index (χ0) is 10.4. The maximum atomic E-state index is 3.57. The highest BCUT2D eigenvalue weighted by Gasteiger charge is 2.02. The first-order valence-electron chi connectivity index (χ1n) is 5.03. The van der Waals surface area contributed by atoms with Crippen molar-refractivity contribution in [2.75, 3.05) is 20.1 Å². The van der Waals surface area contributed by atoms with Gasteiger partial charge < -0.3 is 4.90 Å². The van der Waals surface area contributed by atoms with Crippen LogP contribution in [0.2, 0.25) is 0 Å². The normalized spacial score (nSPS) is 13.4. The first-order chi connectivity index (χ1) is 6.68. The van der Waals surface area contributed by atoms with Gasteiger partial charge in [-0.05, 0) is 37.9 Å². The Morgan fingerprint density at radius 3 is 2.86 bits per heavy atom. The molecule has 3 heteroatoms. The van der Waals surface area contributed by atoms with Gasteiger partial charge in [-0.3, -0.25) is 0 Å². The molecule has 0 aliphatic carbocycles. The Bertz CT molecular complexity index is 233. The fourth-order valence-corrected chi connectivity index (χ4v) is 2.17. The molecule has 0 N–H and O–H groups in total. The number of nitrogens with zero attached hydrogens (tertiary/aromatic N) is 1. The topological polar surface area (TPSA) is 3.24 Å². The number of hydrogen-bond acceptors (Lipinski definition) is 2. The molecule has 1 aromatic rings. The van der Waals surface area contributed by atoms with E-state index in [9.17, 15) is 0 Å². The van der Waals surface area contributed by atoms with Gasteiger partial charge in [0.25, 0.3) is 0 Å². The third kappa shape index (κ3) is 5.13. The fourth-order valence-electron chi connectivity index (χ4n) is 1.27. The van der Waals surface area contributed by atoms with Crippen molar-refractivity contribution in [3.63, 3.8) is 0 Å². The molecule has 0 spiro atoms. The van der Waals surface area contributed by atoms with Crippen molar-refractivity contribution in [1.82, 2.24) is 4.90 Å². The maximum Gasteiger partial charge on any atom is 0.0129 e. The van der Waals surface area contributed by atoms with Gasteiger partial charge in [0.2, 0.25) is 0 Å². The lowest BCUT2D eigenvalue weighted by Crippen LogP contribution is -2.23. The molecule has 1 nitrogen and oxygen atoms in total. The van der Waals surface area contributed by atoms with Crippen LogP contribution in [0.3, 0.4) is 0 Å². The highest BCUT2D eigenvalue weighted by atomic mass is 79.9. The van der Waals surface area contributed by atoms with Crippen molar-refractivity contribution in [3.8, 4) is 0 Å². The van der Waals surface area contributed by atoms with Crippen LogP contribution in [-0.4, -0.2) is 29.9 Å². The Morgan fingerprint density at radius 2 is 2.29 bits per heavy atom. The van der Waals surface area contributed by atoms with Crippen molar-refractivity contribution in [2.45, 2.75) is 24.6 Å². The Balaban J connectivity index is 2.12. The van der Waals surface area contributed by atoms with E-state index in [4.69, 9.17) is 0 Å². The first-order valence-corrected chi connectivity index (χ1v) is 6.83. The van der Waals surface area contributed by atoms with Crippen LogP contribution in [0.25, 0.3) is 0 Å². The molecule has 0 saturated carbocycles. The quantitative estimate of drug-likeness (QED) is 0.720. The molecule has 1 rings (SSSR count). The van der Waals surface area contributed by atoms with E-state index in [1.807, 2.05) is 11.3 Å². The van der Waals surface area contributed by atoms with Crippen LogP contribution in [0, 0.1) is 0 Å². The van der Waals surface area contributed by atoms with E-state index in [1.54, 1.807) is 0 Å². The van der Waals surface area contributed by atoms with Gasteiger partial charge in [-0.15, -0.1) is 11.3 Å². The summed E-state index contributed by atoms with van der Waals surface area (Å²) in [5.41, 5.74) is 0. The van der Waals surface area contributed by atoms with Crippen LogP contribution in [0.1, 0.15) is 18.2 Å². The molecule has 0 aliphatic heterocycles. The monoisotopic (exact) mass is 275 g/mol. The zero-order valence-corrected chi connectivity index (χ0v) is 11.3. The molecule has 14 heavy (non-hydrogen) atoms. The van der Waals surface area contributed by atoms with Crippen molar-refractivity contribution < 1.29 is 0 Å². The predicted octanol–water partition coefficient (Wildman–Crippen LogP) is 3.40. The Morgan fingerprint density at radius 1 is 1.50 bits per heavy atom. The highest BCUT2D eigenvalue weighted by molar-refractivity contribution is 9.09. The van der Waals surface area contributed by atoms with Gasteiger partial charge in [-0.2, -0.15) is 0 Å². The minimum absolute atomic E-state index is 0.631. The molecular weight excluding hydrogens is 258 g/mol. The maximum absolute atomic E-state index is 3.57. The summed E-state index contributed by atoms with van der Waals surface area (Å²) in [6.07, 6.45) is 2.41. The average Bonchev–Trinajstić information content (AvgIpc) is 2.63. The Hall–Kier alpha value is 0.140. The van der Waals surface area contributed by atoms with E-state index in [0.717, 1.165) is 0 Å². The predicted molar refractivity (Wildman–Crippen MR) is 68.5 cm³/mol. The van der Waals surface area contributed by atoms with Crippen LogP contribution >= 0.6 is 27.3 Å². The Labute approximate surface area is 99.3 Å². The van der Waals surface area contributed by atoms with Gasteiger partial charge in [0, 0.05) is 16.2 Å². The molecule has 0 bridgehead atoms. The molecule has 0 amide bonds. The molecule has 1 atom stereocenters. The van der Waals surface area contributed by atoms with Gasteiger partial charge >= 0.3 is 0 Å². The number of alkyl halides is 1. The molecule has 1 aromatic heterocycles. The average molecular weight is 276 g/mol. The fraction of sp³-hybridized carbons (Fsp3) is 0.636. The van der Waals surface area contributed by atoms with Crippen LogP contribution < -0.4 is 0 Å². The van der Waals surface area contributed by atoms with Crippen molar-refractivity contribution in [3.05, 3.63) is 22.4 Å². The zero-order valence-electron chi connectivity index (χ0n) is 8.87. The second-order valence-electron chi connectivity index (χ2n) is 3.70. The lowest BCUT2D eigenvalue weighted by atomic mass is 10.3. The van der Waals surface area contributed by atoms with E-state index in [1.165, 1.54) is 30.8 Å². The standard InChI is InChI=1S/C11H18BrNS/c1-10(12)5-7-13(2)8-6-11-4-3-9-14-11/h3-4,9-10H,5-8H2,1-2H3. The van der Waals surface area contributed by atoms with Crippen LogP contribution in [0.15, 0.2) is 17.5 Å². The van der Waals surface area contributed by atoms with Gasteiger partial charge in [-0.1, -0.05) is 28.9 Å². The number of hydrogen-bond donors (Lipinski definition) is 0. The molecular formula is C11H18BrNS. The molecule has 0 saturated heterocycles. The summed E-state index contributed by atoms with van der Waals surface area (Å²) in [5, 5.41) is 2.15. The van der Waals surface area contributed by atoms with Crippen molar-refractivity contribution >= 4 is 27.3 Å². The van der Waals surface area contributed by atoms with E-state index < -0.39 is 0 Å². The Kier molecular flexibility index (Phi) is 5.75. The second kappa shape index (κ2) is 6.59. The van der Waals surface area contributed by atoms with Crippen LogP contribution in [0.4, 0.5) is 0 Å². The molecule has 1 heterocycles. The lowest BCUT2D eigenvalue weighted by molar-refractivity contribution is 0.335. The minimum atomic E-state index is 0.631. The first kappa shape index (κ1) is 12.2. The van der Waals surface area contributed by atoms with E-state index in [0.29, 0.717) is 4.83 Å². The van der Waals surface area contributed by atoms with E-state index in [2.05, 4.69) is 52.3 Å². The molecule has 0 radical (unpaired) electrons. The summed E-state index contributed by atoms with van der Waals surface area (Å²) >= 11 is 5.42. The number of likely N-dealkylation sites (N-methyl/N-ethyl adjacent to an activating group) is 1. The van der Waals surface area contributed by atoms with Crippen molar-refractivity contribution in [2.24, 2.45) is 0 Å². The highest BCUT2D eigenvalue weighted by Crippen LogP contribution is 2.10. The molecule has 0 fully saturated rings. The summed E-state index contributed by atoms with van der Waals surface area (Å²) in [4.78, 5) is 4.52.